The lowest BCUT2D eigenvalue weighted by atomic mass is 10.1. The van der Waals surface area contributed by atoms with Gasteiger partial charge in [-0.15, -0.1) is 0 Å². The van der Waals surface area contributed by atoms with Crippen molar-refractivity contribution in [3.05, 3.63) is 59.9 Å². The molecule has 0 radical (unpaired) electrons. The Morgan fingerprint density at radius 2 is 1.95 bits per heavy atom. The quantitative estimate of drug-likeness (QED) is 0.740. The molecule has 1 amide bonds. The second-order valence-electron chi connectivity index (χ2n) is 4.79. The summed E-state index contributed by atoms with van der Waals surface area (Å²) in [5.74, 6) is -1.62. The molecular weight excluding hydrogens is 271 g/mol. The number of aromatic hydroxyl groups is 1. The van der Waals surface area contributed by atoms with Crippen molar-refractivity contribution in [1.29, 1.82) is 0 Å². The van der Waals surface area contributed by atoms with Gasteiger partial charge in [-0.3, -0.25) is 4.79 Å². The minimum absolute atomic E-state index is 0.269. The van der Waals surface area contributed by atoms with E-state index in [2.05, 4.69) is 5.32 Å². The number of hydrogen-bond acceptors (Lipinski definition) is 3. The first-order chi connectivity index (χ1) is 10.1. The minimum atomic E-state index is -0.786. The second kappa shape index (κ2) is 6.85. The zero-order valence-corrected chi connectivity index (χ0v) is 11.4. The fourth-order valence-corrected chi connectivity index (χ4v) is 1.92. The fourth-order valence-electron chi connectivity index (χ4n) is 1.92. The zero-order chi connectivity index (χ0) is 15.2. The monoisotopic (exact) mass is 288 g/mol. The lowest BCUT2D eigenvalue weighted by molar-refractivity contribution is -0.117. The van der Waals surface area contributed by atoms with Gasteiger partial charge in [0.2, 0.25) is 5.91 Å². The lowest BCUT2D eigenvalue weighted by Gasteiger charge is -2.12. The lowest BCUT2D eigenvalue weighted by Crippen LogP contribution is -2.36. The largest absolute Gasteiger partial charge is 0.505 e. The van der Waals surface area contributed by atoms with Crippen LogP contribution in [0.25, 0.3) is 0 Å². The Morgan fingerprint density at radius 1 is 1.24 bits per heavy atom. The van der Waals surface area contributed by atoms with E-state index in [4.69, 9.17) is 10.8 Å². The third-order valence-corrected chi connectivity index (χ3v) is 3.14. The van der Waals surface area contributed by atoms with Gasteiger partial charge in [0.05, 0.1) is 6.04 Å². The summed E-state index contributed by atoms with van der Waals surface area (Å²) in [5, 5.41) is 11.6. The topological polar surface area (TPSA) is 75.4 Å². The van der Waals surface area contributed by atoms with E-state index in [0.29, 0.717) is 12.8 Å². The molecule has 4 nitrogen and oxygen atoms in total. The number of anilines is 1. The van der Waals surface area contributed by atoms with Gasteiger partial charge in [0, 0.05) is 11.8 Å². The molecule has 2 rings (SSSR count). The number of phenols is 1. The molecule has 0 spiro atoms. The van der Waals surface area contributed by atoms with Crippen molar-refractivity contribution >= 4 is 11.6 Å². The Balaban J connectivity index is 1.89. The van der Waals surface area contributed by atoms with E-state index >= 15 is 0 Å². The van der Waals surface area contributed by atoms with Crippen molar-refractivity contribution in [2.45, 2.75) is 18.9 Å². The van der Waals surface area contributed by atoms with Gasteiger partial charge in [0.1, 0.15) is 0 Å². The van der Waals surface area contributed by atoms with Crippen LogP contribution in [0.3, 0.4) is 0 Å². The average Bonchev–Trinajstić information content (AvgIpc) is 2.49. The van der Waals surface area contributed by atoms with E-state index in [1.54, 1.807) is 0 Å². The molecule has 2 aromatic carbocycles. The normalized spacial score (nSPS) is 11.9. The van der Waals surface area contributed by atoms with Crippen LogP contribution in [0.5, 0.6) is 5.75 Å². The van der Waals surface area contributed by atoms with Gasteiger partial charge in [-0.05, 0) is 30.5 Å². The van der Waals surface area contributed by atoms with Gasteiger partial charge in [0.25, 0.3) is 0 Å². The summed E-state index contributed by atoms with van der Waals surface area (Å²) >= 11 is 0. The number of rotatable bonds is 5. The molecule has 0 bridgehead atoms. The van der Waals surface area contributed by atoms with Crippen molar-refractivity contribution in [2.24, 2.45) is 5.73 Å². The number of aryl methyl sites for hydroxylation is 1. The first kappa shape index (κ1) is 15.0. The predicted octanol–water partition coefficient (Wildman–Crippen LogP) is 2.43. The molecule has 1 atom stereocenters. The summed E-state index contributed by atoms with van der Waals surface area (Å²) < 4.78 is 13.2. The molecule has 0 aliphatic rings. The molecule has 2 aromatic rings. The van der Waals surface area contributed by atoms with Crippen LogP contribution in [0.1, 0.15) is 12.0 Å². The molecule has 0 aromatic heterocycles. The Kier molecular flexibility index (Phi) is 4.90. The van der Waals surface area contributed by atoms with Crippen molar-refractivity contribution in [2.75, 3.05) is 5.32 Å². The van der Waals surface area contributed by atoms with Gasteiger partial charge < -0.3 is 16.2 Å². The molecular formula is C16H17FN2O2. The Hall–Kier alpha value is -2.40. The van der Waals surface area contributed by atoms with E-state index in [9.17, 15) is 9.18 Å². The Bertz CT molecular complexity index is 617. The molecule has 0 aliphatic heterocycles. The van der Waals surface area contributed by atoms with Crippen LogP contribution >= 0.6 is 0 Å². The van der Waals surface area contributed by atoms with Crippen LogP contribution in [-0.4, -0.2) is 17.1 Å². The van der Waals surface area contributed by atoms with Crippen LogP contribution in [0, 0.1) is 5.82 Å². The fraction of sp³-hybridized carbons (Fsp3) is 0.188. The predicted molar refractivity (Wildman–Crippen MR) is 79.4 cm³/mol. The number of hydrogen-bond donors (Lipinski definition) is 3. The summed E-state index contributed by atoms with van der Waals surface area (Å²) in [6, 6.07) is 12.7. The third-order valence-electron chi connectivity index (χ3n) is 3.14. The van der Waals surface area contributed by atoms with Crippen molar-refractivity contribution < 1.29 is 14.3 Å². The van der Waals surface area contributed by atoms with E-state index in [-0.39, 0.29) is 11.6 Å². The molecule has 1 unspecified atom stereocenters. The highest BCUT2D eigenvalue weighted by molar-refractivity contribution is 5.94. The number of amides is 1. The van der Waals surface area contributed by atoms with Crippen LogP contribution in [0.4, 0.5) is 10.1 Å². The first-order valence-electron chi connectivity index (χ1n) is 6.65. The summed E-state index contributed by atoms with van der Waals surface area (Å²) in [6.07, 6.45) is 1.19. The van der Waals surface area contributed by atoms with Crippen LogP contribution in [0.2, 0.25) is 0 Å². The maximum absolute atomic E-state index is 13.2. The Labute approximate surface area is 122 Å². The second-order valence-corrected chi connectivity index (χ2v) is 4.79. The standard InChI is InChI=1S/C16H17FN2O2/c17-13-10-12(7-9-15(13)20)19-16(21)14(18)8-6-11-4-2-1-3-5-11/h1-5,7,9-10,14,20H,6,8,18H2,(H,19,21). The smallest absolute Gasteiger partial charge is 0.241 e. The van der Waals surface area contributed by atoms with Crippen LogP contribution in [-0.2, 0) is 11.2 Å². The van der Waals surface area contributed by atoms with Crippen LogP contribution in [0.15, 0.2) is 48.5 Å². The molecule has 4 N–H and O–H groups in total. The van der Waals surface area contributed by atoms with E-state index in [0.717, 1.165) is 11.6 Å². The summed E-state index contributed by atoms with van der Waals surface area (Å²) in [7, 11) is 0. The molecule has 0 saturated heterocycles. The van der Waals surface area contributed by atoms with E-state index in [1.165, 1.54) is 12.1 Å². The number of nitrogens with one attached hydrogen (secondary N) is 1. The molecule has 110 valence electrons. The molecule has 21 heavy (non-hydrogen) atoms. The highest BCUT2D eigenvalue weighted by atomic mass is 19.1. The maximum atomic E-state index is 13.2. The number of phenolic OH excluding ortho intramolecular Hbond substituents is 1. The zero-order valence-electron chi connectivity index (χ0n) is 11.4. The average molecular weight is 288 g/mol. The van der Waals surface area contributed by atoms with E-state index < -0.39 is 17.6 Å². The third kappa shape index (κ3) is 4.29. The van der Waals surface area contributed by atoms with Gasteiger partial charge in [0.15, 0.2) is 11.6 Å². The maximum Gasteiger partial charge on any atom is 0.241 e. The van der Waals surface area contributed by atoms with Gasteiger partial charge in [-0.2, -0.15) is 0 Å². The number of carbonyl (C=O) groups is 1. The molecule has 5 heteroatoms. The number of nitrogens with two attached hydrogens (primary N) is 1. The molecule has 0 aliphatic carbocycles. The number of benzene rings is 2. The molecule has 0 heterocycles. The summed E-state index contributed by atoms with van der Waals surface area (Å²) in [4.78, 5) is 11.9. The van der Waals surface area contributed by atoms with Gasteiger partial charge in [-0.25, -0.2) is 4.39 Å². The first-order valence-corrected chi connectivity index (χ1v) is 6.65. The SMILES string of the molecule is NC(CCc1ccccc1)C(=O)Nc1ccc(O)c(F)c1. The number of carbonyl (C=O) groups excluding carboxylic acids is 1. The van der Waals surface area contributed by atoms with Crippen molar-refractivity contribution in [1.82, 2.24) is 0 Å². The molecule has 0 fully saturated rings. The van der Waals surface area contributed by atoms with Gasteiger partial charge in [-0.1, -0.05) is 30.3 Å². The highest BCUT2D eigenvalue weighted by Crippen LogP contribution is 2.19. The molecule has 0 saturated carbocycles. The Morgan fingerprint density at radius 3 is 2.62 bits per heavy atom. The van der Waals surface area contributed by atoms with E-state index in [1.807, 2.05) is 30.3 Å². The summed E-state index contributed by atoms with van der Waals surface area (Å²) in [6.45, 7) is 0. The van der Waals surface area contributed by atoms with Crippen molar-refractivity contribution in [3.63, 3.8) is 0 Å². The van der Waals surface area contributed by atoms with Gasteiger partial charge >= 0.3 is 0 Å². The van der Waals surface area contributed by atoms with Crippen LogP contribution < -0.4 is 11.1 Å². The highest BCUT2D eigenvalue weighted by Gasteiger charge is 2.14. The summed E-state index contributed by atoms with van der Waals surface area (Å²) in [5.41, 5.74) is 7.20. The van der Waals surface area contributed by atoms with Crippen molar-refractivity contribution in [3.8, 4) is 5.75 Å². The minimum Gasteiger partial charge on any atom is -0.505 e. The number of halogens is 1.